The van der Waals surface area contributed by atoms with E-state index in [1.165, 1.54) is 22.3 Å². The summed E-state index contributed by atoms with van der Waals surface area (Å²) in [5.74, 6) is 0. The van der Waals surface area contributed by atoms with Gasteiger partial charge in [-0.25, -0.2) is 0 Å². The van der Waals surface area contributed by atoms with Gasteiger partial charge in [0.05, 0.1) is 29.7 Å². The molecule has 0 aliphatic carbocycles. The summed E-state index contributed by atoms with van der Waals surface area (Å²) >= 11 is 0. The average Bonchev–Trinajstić information content (AvgIpc) is 3.11. The summed E-state index contributed by atoms with van der Waals surface area (Å²) in [6.45, 7) is 8.90. The highest BCUT2D eigenvalue weighted by molar-refractivity contribution is 5.67. The Morgan fingerprint density at radius 1 is 1.25 bits per heavy atom. The fraction of sp³-hybridized carbons (Fsp3) is 0.591. The largest absolute Gasteiger partial charge is 0.387 e. The Kier molecular flexibility index (Phi) is 5.08. The van der Waals surface area contributed by atoms with Crippen molar-refractivity contribution < 1.29 is 14.9 Å². The van der Waals surface area contributed by atoms with Crippen molar-refractivity contribution in [3.63, 3.8) is 0 Å². The molecule has 1 spiro atoms. The van der Waals surface area contributed by atoms with Gasteiger partial charge in [-0.15, -0.1) is 0 Å². The van der Waals surface area contributed by atoms with Crippen LogP contribution >= 0.6 is 0 Å². The minimum atomic E-state index is -1.07. The van der Waals surface area contributed by atoms with Crippen LogP contribution in [0.25, 0.3) is 11.3 Å². The second-order valence-electron chi connectivity index (χ2n) is 8.79. The zero-order valence-corrected chi connectivity index (χ0v) is 17.0. The van der Waals surface area contributed by atoms with E-state index < -0.39 is 17.3 Å². The molecule has 28 heavy (non-hydrogen) atoms. The summed E-state index contributed by atoms with van der Waals surface area (Å²) < 4.78 is 6.00. The molecule has 2 aliphatic heterocycles. The van der Waals surface area contributed by atoms with E-state index >= 15 is 0 Å². The maximum Gasteiger partial charge on any atom is 0.111 e. The van der Waals surface area contributed by atoms with Crippen LogP contribution in [0.1, 0.15) is 42.9 Å². The summed E-state index contributed by atoms with van der Waals surface area (Å²) in [4.78, 5) is 2.38. The van der Waals surface area contributed by atoms with E-state index in [-0.39, 0.29) is 0 Å². The van der Waals surface area contributed by atoms with E-state index in [1.807, 2.05) is 6.20 Å². The topological polar surface area (TPSA) is 81.6 Å². The minimum absolute atomic E-state index is 0.480. The molecular formula is C22H31N3O3. The molecule has 2 aromatic rings. The summed E-state index contributed by atoms with van der Waals surface area (Å²) in [6, 6.07) is 6.48. The van der Waals surface area contributed by atoms with Gasteiger partial charge >= 0.3 is 0 Å². The number of nitrogens with zero attached hydrogens (tertiary/aromatic N) is 2. The number of rotatable bonds is 3. The zero-order chi connectivity index (χ0) is 19.9. The van der Waals surface area contributed by atoms with Crippen LogP contribution in [0.5, 0.6) is 0 Å². The van der Waals surface area contributed by atoms with E-state index in [0.717, 1.165) is 38.2 Å². The quantitative estimate of drug-likeness (QED) is 0.757. The predicted octanol–water partition coefficient (Wildman–Crippen LogP) is 2.56. The van der Waals surface area contributed by atoms with Crippen molar-refractivity contribution in [2.24, 2.45) is 0 Å². The first-order valence-electron chi connectivity index (χ1n) is 10.2. The first kappa shape index (κ1) is 19.6. The van der Waals surface area contributed by atoms with Crippen molar-refractivity contribution in [3.05, 3.63) is 41.1 Å². The Balaban J connectivity index is 1.47. The maximum absolute atomic E-state index is 10.7. The number of likely N-dealkylation sites (tertiary alicyclic amines) is 1. The van der Waals surface area contributed by atoms with Crippen LogP contribution in [0.2, 0.25) is 0 Å². The Hall–Kier alpha value is -1.73. The fourth-order valence-electron chi connectivity index (χ4n) is 4.66. The van der Waals surface area contributed by atoms with Gasteiger partial charge < -0.3 is 14.9 Å². The molecule has 2 aliphatic rings. The first-order chi connectivity index (χ1) is 13.3. The molecule has 6 heteroatoms. The molecule has 0 radical (unpaired) electrons. The highest BCUT2D eigenvalue weighted by Crippen LogP contribution is 2.40. The third-order valence-corrected chi connectivity index (χ3v) is 6.56. The van der Waals surface area contributed by atoms with Gasteiger partial charge in [0.1, 0.15) is 6.10 Å². The van der Waals surface area contributed by atoms with Crippen LogP contribution in [0.3, 0.4) is 0 Å². The Morgan fingerprint density at radius 3 is 2.75 bits per heavy atom. The van der Waals surface area contributed by atoms with Gasteiger partial charge in [0.25, 0.3) is 0 Å². The monoisotopic (exact) mass is 385 g/mol. The third-order valence-electron chi connectivity index (χ3n) is 6.56. The smallest absolute Gasteiger partial charge is 0.111 e. The Labute approximate surface area is 166 Å². The van der Waals surface area contributed by atoms with E-state index in [2.05, 4.69) is 47.1 Å². The second kappa shape index (κ2) is 7.26. The SMILES string of the molecule is Cc1ccc(C)c(-c2[nH]ncc2CN2CCC3(CC2)OCC[C@@](C)(O)[C@@H]3O)c1. The highest BCUT2D eigenvalue weighted by Gasteiger charge is 2.52. The van der Waals surface area contributed by atoms with E-state index in [9.17, 15) is 10.2 Å². The number of ether oxygens (including phenoxy) is 1. The van der Waals surface area contributed by atoms with E-state index in [1.54, 1.807) is 6.92 Å². The zero-order valence-electron chi connectivity index (χ0n) is 17.0. The first-order valence-corrected chi connectivity index (χ1v) is 10.2. The summed E-state index contributed by atoms with van der Waals surface area (Å²) in [5, 5.41) is 28.7. The Morgan fingerprint density at radius 2 is 2.00 bits per heavy atom. The molecule has 2 fully saturated rings. The van der Waals surface area contributed by atoms with Crippen LogP contribution in [0.4, 0.5) is 0 Å². The number of aromatic amines is 1. The van der Waals surface area contributed by atoms with Gasteiger partial charge in [-0.2, -0.15) is 5.10 Å². The number of H-pyrrole nitrogens is 1. The number of aliphatic hydroxyl groups excluding tert-OH is 1. The molecule has 2 atom stereocenters. The van der Waals surface area contributed by atoms with Crippen LogP contribution < -0.4 is 0 Å². The average molecular weight is 386 g/mol. The molecule has 0 amide bonds. The van der Waals surface area contributed by atoms with Gasteiger partial charge in [-0.05, 0) is 45.2 Å². The van der Waals surface area contributed by atoms with Gasteiger partial charge in [-0.1, -0.05) is 17.7 Å². The molecule has 1 aromatic heterocycles. The number of hydrogen-bond donors (Lipinski definition) is 3. The standard InChI is InChI=1S/C22H31N3O3/c1-15-4-5-16(2)18(12-15)19-17(13-23-24-19)14-25-9-6-22(7-10-25)20(26)21(3,27)8-11-28-22/h4-5,12-13,20,26-27H,6-11,14H2,1-3H3,(H,23,24)/t20-,21+/m0/s1. The summed E-state index contributed by atoms with van der Waals surface area (Å²) in [7, 11) is 0. The van der Waals surface area contributed by atoms with Crippen LogP contribution in [-0.2, 0) is 11.3 Å². The highest BCUT2D eigenvalue weighted by atomic mass is 16.5. The Bertz CT molecular complexity index is 837. The van der Waals surface area contributed by atoms with Crippen molar-refractivity contribution in [1.29, 1.82) is 0 Å². The minimum Gasteiger partial charge on any atom is -0.387 e. The second-order valence-corrected chi connectivity index (χ2v) is 8.79. The lowest BCUT2D eigenvalue weighted by molar-refractivity contribution is -0.246. The van der Waals surface area contributed by atoms with Crippen molar-refractivity contribution in [3.8, 4) is 11.3 Å². The number of aryl methyl sites for hydroxylation is 2. The normalized spacial score (nSPS) is 28.0. The van der Waals surface area contributed by atoms with Gasteiger partial charge in [0, 0.05) is 37.2 Å². The van der Waals surface area contributed by atoms with Gasteiger partial charge in [-0.3, -0.25) is 10.00 Å². The number of benzene rings is 1. The predicted molar refractivity (Wildman–Crippen MR) is 108 cm³/mol. The maximum atomic E-state index is 10.7. The molecule has 3 N–H and O–H groups in total. The van der Waals surface area contributed by atoms with Gasteiger partial charge in [0.2, 0.25) is 0 Å². The molecule has 0 unspecified atom stereocenters. The molecule has 0 saturated carbocycles. The molecular weight excluding hydrogens is 354 g/mol. The molecule has 1 aromatic carbocycles. The molecule has 0 bridgehead atoms. The van der Waals surface area contributed by atoms with Gasteiger partial charge in [0.15, 0.2) is 0 Å². The van der Waals surface area contributed by atoms with Crippen molar-refractivity contribution in [2.75, 3.05) is 19.7 Å². The van der Waals surface area contributed by atoms with Crippen molar-refractivity contribution in [2.45, 2.75) is 63.9 Å². The van der Waals surface area contributed by atoms with Crippen LogP contribution in [0.15, 0.2) is 24.4 Å². The summed E-state index contributed by atoms with van der Waals surface area (Å²) in [5.41, 5.74) is 4.24. The van der Waals surface area contributed by atoms with E-state index in [4.69, 9.17) is 4.74 Å². The molecule has 152 valence electrons. The fourth-order valence-corrected chi connectivity index (χ4v) is 4.66. The number of aromatic nitrogens is 2. The van der Waals surface area contributed by atoms with Crippen molar-refractivity contribution in [1.82, 2.24) is 15.1 Å². The lowest BCUT2D eigenvalue weighted by Crippen LogP contribution is -2.64. The number of piperidine rings is 1. The summed E-state index contributed by atoms with van der Waals surface area (Å²) in [6.07, 6.45) is 3.00. The molecule has 3 heterocycles. The lowest BCUT2D eigenvalue weighted by atomic mass is 9.75. The number of nitrogens with one attached hydrogen (secondary N) is 1. The van der Waals surface area contributed by atoms with E-state index in [0.29, 0.717) is 13.0 Å². The third kappa shape index (κ3) is 3.50. The number of hydrogen-bond acceptors (Lipinski definition) is 5. The molecule has 6 nitrogen and oxygen atoms in total. The molecule has 2 saturated heterocycles. The number of aliphatic hydroxyl groups is 2. The molecule has 4 rings (SSSR count). The lowest BCUT2D eigenvalue weighted by Gasteiger charge is -2.51. The van der Waals surface area contributed by atoms with Crippen molar-refractivity contribution >= 4 is 0 Å². The van der Waals surface area contributed by atoms with Crippen LogP contribution in [-0.4, -0.2) is 62.3 Å². The van der Waals surface area contributed by atoms with Crippen LogP contribution in [0, 0.1) is 13.8 Å².